The first-order valence-electron chi connectivity index (χ1n) is 7.77. The highest BCUT2D eigenvalue weighted by Gasteiger charge is 2.31. The van der Waals surface area contributed by atoms with Crippen LogP contribution in [0.15, 0.2) is 48.8 Å². The van der Waals surface area contributed by atoms with Crippen LogP contribution in [0.2, 0.25) is 0 Å². The van der Waals surface area contributed by atoms with Crippen molar-refractivity contribution in [2.75, 3.05) is 14.1 Å². The number of hydrogen-bond donors (Lipinski definition) is 0. The lowest BCUT2D eigenvalue weighted by Gasteiger charge is -2.13. The number of benzene rings is 1. The molecule has 0 saturated heterocycles. The van der Waals surface area contributed by atoms with Crippen LogP contribution in [0.4, 0.5) is 17.6 Å². The predicted octanol–water partition coefficient (Wildman–Crippen LogP) is 4.15. The molecule has 2 aromatic heterocycles. The lowest BCUT2D eigenvalue weighted by atomic mass is 10.1. The summed E-state index contributed by atoms with van der Waals surface area (Å²) in [6.45, 7) is 0.490. The maximum Gasteiger partial charge on any atom is 0.417 e. The zero-order valence-electron chi connectivity index (χ0n) is 14.1. The summed E-state index contributed by atoms with van der Waals surface area (Å²) in [6, 6.07) is 8.34. The van der Waals surface area contributed by atoms with Crippen LogP contribution < -0.4 is 0 Å². The van der Waals surface area contributed by atoms with Gasteiger partial charge in [-0.15, -0.1) is 0 Å². The highest BCUT2D eigenvalue weighted by Crippen LogP contribution is 2.31. The maximum atomic E-state index is 14.4. The van der Waals surface area contributed by atoms with Gasteiger partial charge in [-0.2, -0.15) is 18.3 Å². The zero-order valence-corrected chi connectivity index (χ0v) is 14.1. The van der Waals surface area contributed by atoms with Gasteiger partial charge in [0, 0.05) is 23.9 Å². The smallest absolute Gasteiger partial charge is 0.305 e. The molecule has 0 unspecified atom stereocenters. The van der Waals surface area contributed by atoms with Crippen LogP contribution in [0.25, 0.3) is 17.1 Å². The van der Waals surface area contributed by atoms with E-state index in [0.717, 1.165) is 17.8 Å². The lowest BCUT2D eigenvalue weighted by molar-refractivity contribution is -0.137. The Balaban J connectivity index is 2.13. The Morgan fingerprint density at radius 2 is 1.77 bits per heavy atom. The fourth-order valence-corrected chi connectivity index (χ4v) is 2.63. The third-order valence-electron chi connectivity index (χ3n) is 3.75. The van der Waals surface area contributed by atoms with Crippen molar-refractivity contribution in [3.05, 3.63) is 65.7 Å². The third-order valence-corrected chi connectivity index (χ3v) is 3.75. The summed E-state index contributed by atoms with van der Waals surface area (Å²) < 4.78 is 54.0. The second-order valence-corrected chi connectivity index (χ2v) is 6.05. The van der Waals surface area contributed by atoms with Gasteiger partial charge in [0.2, 0.25) is 0 Å². The number of hydrogen-bond acceptors (Lipinski definition) is 3. The van der Waals surface area contributed by atoms with E-state index in [1.54, 1.807) is 24.4 Å². The Bertz CT molecular complexity index is 898. The third kappa shape index (κ3) is 3.60. The Hall–Kier alpha value is -2.74. The van der Waals surface area contributed by atoms with Crippen LogP contribution >= 0.6 is 0 Å². The SMILES string of the molecule is CN(C)Cc1cnn(-c2ccc(C(F)(F)F)cn2)c1-c1ccccc1F. The monoisotopic (exact) mass is 364 g/mol. The van der Waals surface area contributed by atoms with E-state index < -0.39 is 17.6 Å². The molecule has 8 heteroatoms. The van der Waals surface area contributed by atoms with Gasteiger partial charge in [0.15, 0.2) is 5.82 Å². The molecule has 0 aliphatic heterocycles. The number of alkyl halides is 3. The van der Waals surface area contributed by atoms with Gasteiger partial charge in [-0.05, 0) is 38.4 Å². The molecule has 0 radical (unpaired) electrons. The second-order valence-electron chi connectivity index (χ2n) is 6.05. The Kier molecular flexibility index (Phi) is 4.78. The van der Waals surface area contributed by atoms with Crippen LogP contribution in [-0.4, -0.2) is 33.8 Å². The molecule has 0 bridgehead atoms. The van der Waals surface area contributed by atoms with Gasteiger partial charge in [-0.1, -0.05) is 12.1 Å². The first-order valence-corrected chi connectivity index (χ1v) is 7.77. The molecule has 0 aliphatic carbocycles. The molecule has 136 valence electrons. The van der Waals surface area contributed by atoms with Crippen molar-refractivity contribution in [3.63, 3.8) is 0 Å². The molecule has 4 nitrogen and oxygen atoms in total. The van der Waals surface area contributed by atoms with Gasteiger partial charge in [0.1, 0.15) is 5.82 Å². The molecule has 0 spiro atoms. The molecule has 0 saturated carbocycles. The van der Waals surface area contributed by atoms with Gasteiger partial charge in [-0.3, -0.25) is 0 Å². The molecule has 1 aromatic carbocycles. The quantitative estimate of drug-likeness (QED) is 0.652. The predicted molar refractivity (Wildman–Crippen MR) is 89.1 cm³/mol. The average Bonchev–Trinajstić information content (AvgIpc) is 2.97. The number of pyridine rings is 1. The highest BCUT2D eigenvalue weighted by atomic mass is 19.4. The van der Waals surface area contributed by atoms with Gasteiger partial charge < -0.3 is 4.90 Å². The van der Waals surface area contributed by atoms with Crippen LogP contribution in [0.1, 0.15) is 11.1 Å². The summed E-state index contributed by atoms with van der Waals surface area (Å²) in [5, 5.41) is 4.23. The fourth-order valence-electron chi connectivity index (χ4n) is 2.63. The molecular formula is C18H16F4N4. The summed E-state index contributed by atoms with van der Waals surface area (Å²) in [7, 11) is 3.72. The van der Waals surface area contributed by atoms with E-state index in [1.165, 1.54) is 16.8 Å². The number of aromatic nitrogens is 3. The molecule has 0 amide bonds. The van der Waals surface area contributed by atoms with Gasteiger partial charge in [0.25, 0.3) is 0 Å². The highest BCUT2D eigenvalue weighted by molar-refractivity contribution is 5.66. The van der Waals surface area contributed by atoms with Crippen LogP contribution in [0, 0.1) is 5.82 Å². The average molecular weight is 364 g/mol. The zero-order chi connectivity index (χ0) is 18.9. The normalized spacial score (nSPS) is 12.0. The summed E-state index contributed by atoms with van der Waals surface area (Å²) in [5.74, 6) is -0.262. The largest absolute Gasteiger partial charge is 0.417 e. The standard InChI is InChI=1S/C18H16F4N4/c1-25(2)11-12-9-24-26(17(12)14-5-3-4-6-15(14)19)16-8-7-13(10-23-16)18(20,21)22/h3-10H,11H2,1-2H3. The Morgan fingerprint density at radius 1 is 1.04 bits per heavy atom. The van der Waals surface area contributed by atoms with E-state index in [-0.39, 0.29) is 5.82 Å². The summed E-state index contributed by atoms with van der Waals surface area (Å²) in [4.78, 5) is 5.76. The molecule has 3 aromatic rings. The molecule has 2 heterocycles. The number of halogens is 4. The van der Waals surface area contributed by atoms with Crippen LogP contribution in [0.3, 0.4) is 0 Å². The minimum Gasteiger partial charge on any atom is -0.305 e. The van der Waals surface area contributed by atoms with Gasteiger partial charge in [0.05, 0.1) is 17.5 Å². The number of nitrogens with zero attached hydrogens (tertiary/aromatic N) is 4. The molecule has 0 fully saturated rings. The molecule has 3 rings (SSSR count). The first-order chi connectivity index (χ1) is 12.3. The van der Waals surface area contributed by atoms with E-state index in [0.29, 0.717) is 17.8 Å². The number of rotatable bonds is 4. The fraction of sp³-hybridized carbons (Fsp3) is 0.222. The van der Waals surface area contributed by atoms with Crippen LogP contribution in [-0.2, 0) is 12.7 Å². The van der Waals surface area contributed by atoms with Crippen molar-refractivity contribution < 1.29 is 17.6 Å². The summed E-state index contributed by atoms with van der Waals surface area (Å²) in [6.07, 6.45) is -2.16. The van der Waals surface area contributed by atoms with Crippen molar-refractivity contribution in [1.82, 2.24) is 19.7 Å². The van der Waals surface area contributed by atoms with Crippen molar-refractivity contribution in [2.24, 2.45) is 0 Å². The van der Waals surface area contributed by atoms with Gasteiger partial charge in [-0.25, -0.2) is 14.1 Å². The van der Waals surface area contributed by atoms with E-state index in [4.69, 9.17) is 0 Å². The summed E-state index contributed by atoms with van der Waals surface area (Å²) in [5.41, 5.74) is 0.656. The van der Waals surface area contributed by atoms with Crippen LogP contribution in [0.5, 0.6) is 0 Å². The minimum atomic E-state index is -4.47. The van der Waals surface area contributed by atoms with E-state index in [1.807, 2.05) is 19.0 Å². The molecule has 0 N–H and O–H groups in total. The van der Waals surface area contributed by atoms with Gasteiger partial charge >= 0.3 is 6.18 Å². The Labute approximate surface area is 147 Å². The van der Waals surface area contributed by atoms with E-state index in [2.05, 4.69) is 10.1 Å². The minimum absolute atomic E-state index is 0.182. The van der Waals surface area contributed by atoms with E-state index in [9.17, 15) is 17.6 Å². The molecule has 0 atom stereocenters. The first kappa shape index (κ1) is 18.1. The van der Waals surface area contributed by atoms with E-state index >= 15 is 0 Å². The molecule has 26 heavy (non-hydrogen) atoms. The topological polar surface area (TPSA) is 34.0 Å². The maximum absolute atomic E-state index is 14.4. The lowest BCUT2D eigenvalue weighted by Crippen LogP contribution is -2.12. The second kappa shape index (κ2) is 6.87. The summed E-state index contributed by atoms with van der Waals surface area (Å²) >= 11 is 0. The molecule has 0 aliphatic rings. The van der Waals surface area contributed by atoms with Crippen molar-refractivity contribution in [2.45, 2.75) is 12.7 Å². The molecular weight excluding hydrogens is 348 g/mol. The van der Waals surface area contributed by atoms with Crippen molar-refractivity contribution in [3.8, 4) is 17.1 Å². The van der Waals surface area contributed by atoms with Crippen molar-refractivity contribution >= 4 is 0 Å². The Morgan fingerprint density at radius 3 is 2.35 bits per heavy atom. The van der Waals surface area contributed by atoms with Crippen molar-refractivity contribution in [1.29, 1.82) is 0 Å².